The Kier molecular flexibility index (Phi) is 5.59. The van der Waals surface area contributed by atoms with Gasteiger partial charge in [0.25, 0.3) is 0 Å². The standard InChI is InChI=1S/C18H28N2O3S/c1-15-6-7-16(2)18(13-15)24(21,22)20-10-8-19(9-11-20)14-17-5-3-4-12-23-17/h6-7,13,17H,3-5,8-12,14H2,1-2H3/t17-/m0/s1. The zero-order valence-electron chi connectivity index (χ0n) is 14.7. The largest absolute Gasteiger partial charge is 0.377 e. The molecule has 2 saturated heterocycles. The average Bonchev–Trinajstić information content (AvgIpc) is 2.58. The Morgan fingerprint density at radius 1 is 1.12 bits per heavy atom. The Hall–Kier alpha value is -0.950. The first kappa shape index (κ1) is 17.9. The topological polar surface area (TPSA) is 49.9 Å². The van der Waals surface area contributed by atoms with Crippen LogP contribution in [0.2, 0.25) is 0 Å². The van der Waals surface area contributed by atoms with Crippen LogP contribution in [0.5, 0.6) is 0 Å². The van der Waals surface area contributed by atoms with Gasteiger partial charge in [0.1, 0.15) is 0 Å². The summed E-state index contributed by atoms with van der Waals surface area (Å²) in [6.07, 6.45) is 3.85. The molecule has 0 spiro atoms. The predicted octanol–water partition coefficient (Wildman–Crippen LogP) is 2.18. The minimum absolute atomic E-state index is 0.320. The van der Waals surface area contributed by atoms with Gasteiger partial charge in [0, 0.05) is 39.3 Å². The molecule has 0 aliphatic carbocycles. The molecule has 5 nitrogen and oxygen atoms in total. The molecule has 1 aromatic carbocycles. The molecule has 0 aromatic heterocycles. The van der Waals surface area contributed by atoms with E-state index in [-0.39, 0.29) is 0 Å². The summed E-state index contributed by atoms with van der Waals surface area (Å²) in [6.45, 7) is 8.27. The zero-order chi connectivity index (χ0) is 17.2. The van der Waals surface area contributed by atoms with Gasteiger partial charge in [0.2, 0.25) is 10.0 Å². The fraction of sp³-hybridized carbons (Fsp3) is 0.667. The molecule has 1 atom stereocenters. The van der Waals surface area contributed by atoms with Crippen LogP contribution < -0.4 is 0 Å². The van der Waals surface area contributed by atoms with Crippen LogP contribution in [0, 0.1) is 13.8 Å². The Morgan fingerprint density at radius 2 is 1.88 bits per heavy atom. The Bertz CT molecular complexity index is 661. The lowest BCUT2D eigenvalue weighted by Crippen LogP contribution is -2.50. The number of aryl methyl sites for hydroxylation is 2. The molecule has 1 aromatic rings. The van der Waals surface area contributed by atoms with Gasteiger partial charge in [-0.1, -0.05) is 12.1 Å². The molecule has 2 heterocycles. The van der Waals surface area contributed by atoms with Crippen molar-refractivity contribution in [1.82, 2.24) is 9.21 Å². The summed E-state index contributed by atoms with van der Waals surface area (Å²) in [5, 5.41) is 0. The lowest BCUT2D eigenvalue weighted by atomic mass is 10.1. The third-order valence-corrected chi connectivity index (χ3v) is 7.07. The molecule has 0 saturated carbocycles. The number of benzene rings is 1. The van der Waals surface area contributed by atoms with Crippen molar-refractivity contribution >= 4 is 10.0 Å². The number of hydrogen-bond donors (Lipinski definition) is 0. The van der Waals surface area contributed by atoms with Crippen molar-refractivity contribution in [1.29, 1.82) is 0 Å². The second-order valence-electron chi connectivity index (χ2n) is 6.96. The summed E-state index contributed by atoms with van der Waals surface area (Å²) in [4.78, 5) is 2.79. The minimum atomic E-state index is -3.40. The summed E-state index contributed by atoms with van der Waals surface area (Å²) >= 11 is 0. The van der Waals surface area contributed by atoms with Crippen molar-refractivity contribution in [2.75, 3.05) is 39.3 Å². The summed E-state index contributed by atoms with van der Waals surface area (Å²) in [7, 11) is -3.40. The van der Waals surface area contributed by atoms with E-state index in [1.807, 2.05) is 26.0 Å². The van der Waals surface area contributed by atoms with E-state index in [1.54, 1.807) is 10.4 Å². The molecule has 0 amide bonds. The number of rotatable bonds is 4. The normalized spacial score (nSPS) is 24.2. The first-order valence-electron chi connectivity index (χ1n) is 8.88. The molecule has 0 N–H and O–H groups in total. The van der Waals surface area contributed by atoms with Crippen molar-refractivity contribution in [3.05, 3.63) is 29.3 Å². The van der Waals surface area contributed by atoms with Crippen LogP contribution in [0.1, 0.15) is 30.4 Å². The van der Waals surface area contributed by atoms with Gasteiger partial charge >= 0.3 is 0 Å². The van der Waals surface area contributed by atoms with E-state index >= 15 is 0 Å². The highest BCUT2D eigenvalue weighted by molar-refractivity contribution is 7.89. The Morgan fingerprint density at radius 3 is 2.54 bits per heavy atom. The second kappa shape index (κ2) is 7.52. The molecule has 134 valence electrons. The van der Waals surface area contributed by atoms with Gasteiger partial charge in [-0.05, 0) is 50.3 Å². The lowest BCUT2D eigenvalue weighted by Gasteiger charge is -2.36. The highest BCUT2D eigenvalue weighted by Gasteiger charge is 2.30. The number of sulfonamides is 1. The van der Waals surface area contributed by atoms with Crippen molar-refractivity contribution < 1.29 is 13.2 Å². The van der Waals surface area contributed by atoms with Crippen LogP contribution in [0.25, 0.3) is 0 Å². The molecule has 2 aliphatic heterocycles. The van der Waals surface area contributed by atoms with Crippen LogP contribution in [0.3, 0.4) is 0 Å². The van der Waals surface area contributed by atoms with Crippen molar-refractivity contribution in [3.63, 3.8) is 0 Å². The van der Waals surface area contributed by atoms with Gasteiger partial charge in [0.15, 0.2) is 0 Å². The monoisotopic (exact) mass is 352 g/mol. The molecule has 24 heavy (non-hydrogen) atoms. The predicted molar refractivity (Wildman–Crippen MR) is 94.7 cm³/mol. The van der Waals surface area contributed by atoms with Crippen LogP contribution in [-0.4, -0.2) is 63.1 Å². The highest BCUT2D eigenvalue weighted by atomic mass is 32.2. The molecular weight excluding hydrogens is 324 g/mol. The maximum absolute atomic E-state index is 12.9. The summed E-state index contributed by atoms with van der Waals surface area (Å²) < 4.78 is 33.3. The van der Waals surface area contributed by atoms with Gasteiger partial charge in [-0.3, -0.25) is 4.90 Å². The molecule has 6 heteroatoms. The van der Waals surface area contributed by atoms with E-state index in [0.29, 0.717) is 24.1 Å². The van der Waals surface area contributed by atoms with Crippen LogP contribution in [0.15, 0.2) is 23.1 Å². The van der Waals surface area contributed by atoms with Crippen LogP contribution in [-0.2, 0) is 14.8 Å². The van der Waals surface area contributed by atoms with Gasteiger partial charge in [0.05, 0.1) is 11.0 Å². The highest BCUT2D eigenvalue weighted by Crippen LogP contribution is 2.23. The molecule has 0 bridgehead atoms. The number of nitrogens with zero attached hydrogens (tertiary/aromatic N) is 2. The maximum atomic E-state index is 12.9. The second-order valence-corrected chi connectivity index (χ2v) is 8.87. The SMILES string of the molecule is Cc1ccc(C)c(S(=O)(=O)N2CCN(C[C@@H]3CCCCO3)CC2)c1. The number of hydrogen-bond acceptors (Lipinski definition) is 4. The molecular formula is C18H28N2O3S. The fourth-order valence-corrected chi connectivity index (χ4v) is 5.25. The minimum Gasteiger partial charge on any atom is -0.377 e. The molecule has 0 radical (unpaired) electrons. The smallest absolute Gasteiger partial charge is 0.243 e. The van der Waals surface area contributed by atoms with E-state index < -0.39 is 10.0 Å². The number of piperazine rings is 1. The van der Waals surface area contributed by atoms with E-state index in [9.17, 15) is 8.42 Å². The fourth-order valence-electron chi connectivity index (χ4n) is 3.52. The average molecular weight is 353 g/mol. The molecule has 0 unspecified atom stereocenters. The number of ether oxygens (including phenoxy) is 1. The van der Waals surface area contributed by atoms with Crippen LogP contribution in [0.4, 0.5) is 0 Å². The van der Waals surface area contributed by atoms with Crippen molar-refractivity contribution in [2.24, 2.45) is 0 Å². The van der Waals surface area contributed by atoms with Gasteiger partial charge in [-0.2, -0.15) is 4.31 Å². The summed E-state index contributed by atoms with van der Waals surface area (Å²) in [5.74, 6) is 0. The third kappa shape index (κ3) is 3.99. The quantitative estimate of drug-likeness (QED) is 0.833. The van der Waals surface area contributed by atoms with Crippen LogP contribution >= 0.6 is 0 Å². The van der Waals surface area contributed by atoms with Crippen molar-refractivity contribution in [3.8, 4) is 0 Å². The lowest BCUT2D eigenvalue weighted by molar-refractivity contribution is -0.0103. The Labute approximate surface area is 145 Å². The molecule has 3 rings (SSSR count). The molecule has 2 aliphatic rings. The van der Waals surface area contributed by atoms with Crippen molar-refractivity contribution in [2.45, 2.75) is 44.1 Å². The van der Waals surface area contributed by atoms with Gasteiger partial charge in [-0.25, -0.2) is 8.42 Å². The summed E-state index contributed by atoms with van der Waals surface area (Å²) in [5.41, 5.74) is 1.80. The first-order valence-corrected chi connectivity index (χ1v) is 10.3. The van der Waals surface area contributed by atoms with E-state index in [4.69, 9.17) is 4.74 Å². The third-order valence-electron chi connectivity index (χ3n) is 5.03. The molecule has 2 fully saturated rings. The van der Waals surface area contributed by atoms with Gasteiger partial charge < -0.3 is 4.74 Å². The Balaban J connectivity index is 1.62. The zero-order valence-corrected chi connectivity index (χ0v) is 15.5. The summed E-state index contributed by atoms with van der Waals surface area (Å²) in [6, 6.07) is 5.63. The van der Waals surface area contributed by atoms with E-state index in [2.05, 4.69) is 4.90 Å². The maximum Gasteiger partial charge on any atom is 0.243 e. The van der Waals surface area contributed by atoms with Gasteiger partial charge in [-0.15, -0.1) is 0 Å². The van der Waals surface area contributed by atoms with E-state index in [1.165, 1.54) is 12.8 Å². The first-order chi connectivity index (χ1) is 11.5. The van der Waals surface area contributed by atoms with E-state index in [0.717, 1.165) is 43.8 Å².